The van der Waals surface area contributed by atoms with Crippen LogP contribution in [0.4, 0.5) is 0 Å². The summed E-state index contributed by atoms with van der Waals surface area (Å²) in [6, 6.07) is 17.9. The first-order valence-electron chi connectivity index (χ1n) is 9.18. The van der Waals surface area contributed by atoms with E-state index in [0.29, 0.717) is 18.7 Å². The lowest BCUT2D eigenvalue weighted by atomic mass is 9.96. The van der Waals surface area contributed by atoms with Crippen LogP contribution in [0.5, 0.6) is 0 Å². The summed E-state index contributed by atoms with van der Waals surface area (Å²) in [6.45, 7) is 0.488. The molecule has 1 aliphatic rings. The van der Waals surface area contributed by atoms with Crippen LogP contribution < -0.4 is 0 Å². The number of carbonyl (C=O) groups is 1. The Balaban J connectivity index is 1.54. The number of aromatic amines is 1. The molecule has 0 saturated carbocycles. The monoisotopic (exact) mass is 373 g/mol. The SMILES string of the molecule is CN1CCC(O)(c2cc(-c3cccc(-c4cccc5[nH]ccc45)c3)no2)C1=O. The van der Waals surface area contributed by atoms with Crippen molar-refractivity contribution in [3.63, 3.8) is 0 Å². The van der Waals surface area contributed by atoms with E-state index in [1.165, 1.54) is 4.90 Å². The molecule has 0 radical (unpaired) electrons. The highest BCUT2D eigenvalue weighted by Gasteiger charge is 2.48. The van der Waals surface area contributed by atoms with Gasteiger partial charge < -0.3 is 19.5 Å². The Bertz CT molecular complexity index is 1190. The lowest BCUT2D eigenvalue weighted by molar-refractivity contribution is -0.144. The summed E-state index contributed by atoms with van der Waals surface area (Å²) >= 11 is 0. The molecular weight excluding hydrogens is 354 g/mol. The van der Waals surface area contributed by atoms with Crippen molar-refractivity contribution < 1.29 is 14.4 Å². The molecule has 1 amide bonds. The highest BCUT2D eigenvalue weighted by molar-refractivity contribution is 5.95. The molecule has 1 fully saturated rings. The Morgan fingerprint density at radius 1 is 1.14 bits per heavy atom. The largest absolute Gasteiger partial charge is 0.373 e. The highest BCUT2D eigenvalue weighted by atomic mass is 16.5. The summed E-state index contributed by atoms with van der Waals surface area (Å²) in [7, 11) is 1.67. The number of likely N-dealkylation sites (tertiary alicyclic amines) is 1. The average molecular weight is 373 g/mol. The van der Waals surface area contributed by atoms with Crippen molar-refractivity contribution >= 4 is 16.8 Å². The summed E-state index contributed by atoms with van der Waals surface area (Å²) in [5, 5.41) is 16.0. The van der Waals surface area contributed by atoms with Gasteiger partial charge in [-0.25, -0.2) is 0 Å². The minimum Gasteiger partial charge on any atom is -0.373 e. The van der Waals surface area contributed by atoms with Crippen molar-refractivity contribution in [2.45, 2.75) is 12.0 Å². The maximum absolute atomic E-state index is 12.3. The number of aliphatic hydroxyl groups is 1. The first-order chi connectivity index (χ1) is 13.6. The predicted molar refractivity (Wildman–Crippen MR) is 105 cm³/mol. The van der Waals surface area contributed by atoms with Gasteiger partial charge >= 0.3 is 0 Å². The molecule has 0 spiro atoms. The minimum atomic E-state index is -1.63. The number of nitrogens with zero attached hydrogens (tertiary/aromatic N) is 2. The standard InChI is InChI=1S/C22H19N3O3/c1-25-11-9-22(27,21(25)26)20-13-19(24-28-20)15-5-2-4-14(12-15)16-6-3-7-18-17(16)8-10-23-18/h2-8,10,12-13,23,27H,9,11H2,1H3. The smallest absolute Gasteiger partial charge is 0.262 e. The molecule has 1 atom stereocenters. The van der Waals surface area contributed by atoms with E-state index < -0.39 is 5.60 Å². The number of likely N-dealkylation sites (N-methyl/N-ethyl adjacent to an activating group) is 1. The minimum absolute atomic E-state index is 0.190. The van der Waals surface area contributed by atoms with Gasteiger partial charge in [0.2, 0.25) is 5.60 Å². The zero-order valence-electron chi connectivity index (χ0n) is 15.3. The van der Waals surface area contributed by atoms with Gasteiger partial charge in [-0.2, -0.15) is 0 Å². The highest BCUT2D eigenvalue weighted by Crippen LogP contribution is 2.36. The van der Waals surface area contributed by atoms with Gasteiger partial charge in [0.25, 0.3) is 5.91 Å². The predicted octanol–water partition coefficient (Wildman–Crippen LogP) is 3.54. The zero-order chi connectivity index (χ0) is 19.3. The topological polar surface area (TPSA) is 82.4 Å². The van der Waals surface area contributed by atoms with Crippen molar-refractivity contribution in [2.24, 2.45) is 0 Å². The van der Waals surface area contributed by atoms with E-state index in [-0.39, 0.29) is 11.7 Å². The number of hydrogen-bond donors (Lipinski definition) is 2. The molecule has 6 nitrogen and oxygen atoms in total. The Hall–Kier alpha value is -3.38. The molecule has 0 bridgehead atoms. The third-order valence-electron chi connectivity index (χ3n) is 5.49. The fourth-order valence-corrected chi connectivity index (χ4v) is 3.87. The second-order valence-electron chi connectivity index (χ2n) is 7.24. The molecule has 5 rings (SSSR count). The molecule has 140 valence electrons. The fourth-order valence-electron chi connectivity index (χ4n) is 3.87. The number of carbonyl (C=O) groups excluding carboxylic acids is 1. The maximum atomic E-state index is 12.3. The van der Waals surface area contributed by atoms with Crippen LogP contribution in [-0.2, 0) is 10.4 Å². The molecule has 3 heterocycles. The molecule has 1 unspecified atom stereocenters. The average Bonchev–Trinajstić information content (AvgIpc) is 3.45. The number of rotatable bonds is 3. The van der Waals surface area contributed by atoms with E-state index in [1.807, 2.05) is 36.5 Å². The molecule has 1 saturated heterocycles. The van der Waals surface area contributed by atoms with Crippen LogP contribution in [0.2, 0.25) is 0 Å². The van der Waals surface area contributed by atoms with Crippen LogP contribution in [-0.4, -0.2) is 39.6 Å². The molecule has 1 aliphatic heterocycles. The van der Waals surface area contributed by atoms with Crippen LogP contribution in [0.15, 0.2) is 65.3 Å². The number of fused-ring (bicyclic) bond motifs is 1. The summed E-state index contributed by atoms with van der Waals surface area (Å²) in [4.78, 5) is 17.0. The van der Waals surface area contributed by atoms with Crippen molar-refractivity contribution in [3.05, 3.63) is 66.6 Å². The summed E-state index contributed by atoms with van der Waals surface area (Å²) in [5.74, 6) is -0.168. The fraction of sp³-hybridized carbons (Fsp3) is 0.182. The molecule has 4 aromatic rings. The van der Waals surface area contributed by atoms with Crippen molar-refractivity contribution in [1.29, 1.82) is 0 Å². The Kier molecular flexibility index (Phi) is 3.64. The van der Waals surface area contributed by atoms with Crippen LogP contribution in [0.25, 0.3) is 33.3 Å². The number of nitrogens with one attached hydrogen (secondary N) is 1. The van der Waals surface area contributed by atoms with Gasteiger partial charge in [0.05, 0.1) is 0 Å². The first-order valence-corrected chi connectivity index (χ1v) is 9.18. The lowest BCUT2D eigenvalue weighted by Crippen LogP contribution is -2.35. The first kappa shape index (κ1) is 16.8. The van der Waals surface area contributed by atoms with Gasteiger partial charge in [-0.05, 0) is 29.3 Å². The third-order valence-corrected chi connectivity index (χ3v) is 5.49. The van der Waals surface area contributed by atoms with Gasteiger partial charge in [-0.1, -0.05) is 35.5 Å². The van der Waals surface area contributed by atoms with Gasteiger partial charge in [-0.15, -0.1) is 0 Å². The second kappa shape index (κ2) is 6.07. The number of benzene rings is 2. The van der Waals surface area contributed by atoms with Crippen molar-refractivity contribution in [1.82, 2.24) is 15.0 Å². The van der Waals surface area contributed by atoms with E-state index in [1.54, 1.807) is 13.1 Å². The molecule has 0 aliphatic carbocycles. The quantitative estimate of drug-likeness (QED) is 0.575. The number of H-pyrrole nitrogens is 1. The van der Waals surface area contributed by atoms with Crippen LogP contribution >= 0.6 is 0 Å². The van der Waals surface area contributed by atoms with E-state index in [0.717, 1.165) is 27.6 Å². The van der Waals surface area contributed by atoms with Crippen LogP contribution in [0.3, 0.4) is 0 Å². The Labute approximate surface area is 161 Å². The number of hydrogen-bond acceptors (Lipinski definition) is 4. The second-order valence-corrected chi connectivity index (χ2v) is 7.24. The van der Waals surface area contributed by atoms with E-state index >= 15 is 0 Å². The van der Waals surface area contributed by atoms with Gasteiger partial charge in [0.15, 0.2) is 5.76 Å². The van der Waals surface area contributed by atoms with E-state index in [9.17, 15) is 9.90 Å². The van der Waals surface area contributed by atoms with Gasteiger partial charge in [0.1, 0.15) is 5.69 Å². The summed E-state index contributed by atoms with van der Waals surface area (Å²) < 4.78 is 5.38. The summed E-state index contributed by atoms with van der Waals surface area (Å²) in [5.41, 5.74) is 3.08. The maximum Gasteiger partial charge on any atom is 0.262 e. The molecule has 2 aromatic carbocycles. The Morgan fingerprint density at radius 2 is 1.96 bits per heavy atom. The number of aromatic nitrogens is 2. The van der Waals surface area contributed by atoms with Gasteiger partial charge in [0, 0.05) is 48.7 Å². The lowest BCUT2D eigenvalue weighted by Gasteiger charge is -2.16. The normalized spacial score (nSPS) is 19.6. The Morgan fingerprint density at radius 3 is 2.79 bits per heavy atom. The number of amides is 1. The molecular formula is C22H19N3O3. The van der Waals surface area contributed by atoms with Crippen LogP contribution in [0.1, 0.15) is 12.2 Å². The molecule has 2 N–H and O–H groups in total. The van der Waals surface area contributed by atoms with Gasteiger partial charge in [-0.3, -0.25) is 4.79 Å². The molecule has 28 heavy (non-hydrogen) atoms. The third kappa shape index (κ3) is 2.46. The van der Waals surface area contributed by atoms with Crippen molar-refractivity contribution in [3.8, 4) is 22.4 Å². The van der Waals surface area contributed by atoms with Crippen LogP contribution in [0, 0.1) is 0 Å². The zero-order valence-corrected chi connectivity index (χ0v) is 15.3. The molecule has 6 heteroatoms. The van der Waals surface area contributed by atoms with Crippen molar-refractivity contribution in [2.75, 3.05) is 13.6 Å². The summed E-state index contributed by atoms with van der Waals surface area (Å²) in [6.07, 6.45) is 2.23. The van der Waals surface area contributed by atoms with E-state index in [4.69, 9.17) is 4.52 Å². The van der Waals surface area contributed by atoms with E-state index in [2.05, 4.69) is 28.3 Å². The molecule has 2 aromatic heterocycles.